The van der Waals surface area contributed by atoms with E-state index in [0.717, 1.165) is 14.6 Å². The molecule has 0 atom stereocenters. The summed E-state index contributed by atoms with van der Waals surface area (Å²) in [6.07, 6.45) is 0. The van der Waals surface area contributed by atoms with Crippen molar-refractivity contribution < 1.29 is 8.78 Å². The average Bonchev–Trinajstić information content (AvgIpc) is 2.70. The molecule has 0 aromatic carbocycles. The molecule has 0 spiro atoms. The normalized spacial score (nSPS) is 16.8. The standard InChI is InChI=1S/C10H6F2S2/c1-5-4-7-9(14-5)8-6(2-3-13-8)10(7,11)12/h2-4H,1H3. The van der Waals surface area contributed by atoms with Crippen LogP contribution in [0.5, 0.6) is 0 Å². The summed E-state index contributed by atoms with van der Waals surface area (Å²) in [5, 5.41) is 1.73. The number of thiophene rings is 2. The Kier molecular flexibility index (Phi) is 1.49. The molecule has 0 nitrogen and oxygen atoms in total. The van der Waals surface area contributed by atoms with E-state index >= 15 is 0 Å². The number of hydrogen-bond acceptors (Lipinski definition) is 2. The third-order valence-corrected chi connectivity index (χ3v) is 4.53. The van der Waals surface area contributed by atoms with Gasteiger partial charge in [0.25, 0.3) is 0 Å². The van der Waals surface area contributed by atoms with Gasteiger partial charge in [0.2, 0.25) is 0 Å². The van der Waals surface area contributed by atoms with Crippen molar-refractivity contribution in [1.82, 2.24) is 0 Å². The zero-order valence-corrected chi connectivity index (χ0v) is 8.94. The van der Waals surface area contributed by atoms with E-state index in [2.05, 4.69) is 0 Å². The third-order valence-electron chi connectivity index (χ3n) is 2.40. The SMILES string of the molecule is Cc1cc2c(s1)-c1sccc1C2(F)F. The molecule has 1 aliphatic rings. The summed E-state index contributed by atoms with van der Waals surface area (Å²) in [6, 6.07) is 3.13. The zero-order chi connectivity index (χ0) is 9.92. The van der Waals surface area contributed by atoms with Crippen LogP contribution in [-0.2, 0) is 5.92 Å². The first-order valence-electron chi connectivity index (χ1n) is 4.18. The number of aryl methyl sites for hydroxylation is 1. The molecule has 0 unspecified atom stereocenters. The summed E-state index contributed by atoms with van der Waals surface area (Å²) >= 11 is 2.86. The Labute approximate surface area is 87.8 Å². The minimum absolute atomic E-state index is 0.184. The maximum Gasteiger partial charge on any atom is 0.301 e. The maximum absolute atomic E-state index is 13.8. The van der Waals surface area contributed by atoms with E-state index in [4.69, 9.17) is 0 Å². The van der Waals surface area contributed by atoms with Gasteiger partial charge < -0.3 is 0 Å². The minimum atomic E-state index is -2.77. The van der Waals surface area contributed by atoms with Crippen LogP contribution < -0.4 is 0 Å². The molecule has 4 heteroatoms. The average molecular weight is 228 g/mol. The molecule has 0 N–H and O–H groups in total. The van der Waals surface area contributed by atoms with E-state index in [9.17, 15) is 8.78 Å². The topological polar surface area (TPSA) is 0 Å². The van der Waals surface area contributed by atoms with Crippen molar-refractivity contribution in [2.75, 3.05) is 0 Å². The molecule has 2 aromatic heterocycles. The van der Waals surface area contributed by atoms with Crippen LogP contribution >= 0.6 is 22.7 Å². The van der Waals surface area contributed by atoms with E-state index < -0.39 is 5.92 Å². The molecule has 0 saturated heterocycles. The van der Waals surface area contributed by atoms with Gasteiger partial charge in [-0.25, -0.2) is 0 Å². The molecule has 0 amide bonds. The molecule has 3 rings (SSSR count). The molecule has 0 fully saturated rings. The van der Waals surface area contributed by atoms with Gasteiger partial charge in [-0.2, -0.15) is 8.78 Å². The van der Waals surface area contributed by atoms with Gasteiger partial charge in [-0.15, -0.1) is 22.7 Å². The Bertz CT molecular complexity index is 508. The van der Waals surface area contributed by atoms with Crippen LogP contribution in [0, 0.1) is 6.92 Å². The van der Waals surface area contributed by atoms with Gasteiger partial charge >= 0.3 is 5.92 Å². The van der Waals surface area contributed by atoms with Crippen LogP contribution in [0.1, 0.15) is 16.0 Å². The summed E-state index contributed by atoms with van der Waals surface area (Å²) in [4.78, 5) is 2.47. The summed E-state index contributed by atoms with van der Waals surface area (Å²) < 4.78 is 27.6. The number of hydrogen-bond donors (Lipinski definition) is 0. The van der Waals surface area contributed by atoms with Crippen molar-refractivity contribution in [3.05, 3.63) is 33.5 Å². The zero-order valence-electron chi connectivity index (χ0n) is 7.30. The van der Waals surface area contributed by atoms with Crippen LogP contribution in [0.15, 0.2) is 17.5 Å². The van der Waals surface area contributed by atoms with E-state index in [-0.39, 0.29) is 11.1 Å². The Morgan fingerprint density at radius 3 is 2.79 bits per heavy atom. The summed E-state index contributed by atoms with van der Waals surface area (Å²) in [6.45, 7) is 1.87. The second kappa shape index (κ2) is 2.44. The van der Waals surface area contributed by atoms with Crippen LogP contribution in [0.25, 0.3) is 9.75 Å². The molecule has 0 bridgehead atoms. The van der Waals surface area contributed by atoms with Crippen LogP contribution in [0.2, 0.25) is 0 Å². The molecule has 0 aliphatic heterocycles. The number of rotatable bonds is 0. The highest BCUT2D eigenvalue weighted by molar-refractivity contribution is 7.21. The molecule has 0 radical (unpaired) electrons. The Morgan fingerprint density at radius 1 is 1.21 bits per heavy atom. The molecular formula is C10H6F2S2. The fraction of sp³-hybridized carbons (Fsp3) is 0.200. The summed E-state index contributed by atoms with van der Waals surface area (Å²) in [5.41, 5.74) is 0.380. The lowest BCUT2D eigenvalue weighted by molar-refractivity contribution is 0.0485. The monoisotopic (exact) mass is 228 g/mol. The highest BCUT2D eigenvalue weighted by Crippen LogP contribution is 2.56. The van der Waals surface area contributed by atoms with Gasteiger partial charge in [0.05, 0.1) is 9.75 Å². The number of halogens is 2. The second-order valence-corrected chi connectivity index (χ2v) is 5.51. The highest BCUT2D eigenvalue weighted by Gasteiger charge is 2.46. The first kappa shape index (κ1) is 8.56. The Morgan fingerprint density at radius 2 is 2.00 bits per heavy atom. The molecule has 72 valence electrons. The predicted octanol–water partition coefficient (Wildman–Crippen LogP) is 4.24. The van der Waals surface area contributed by atoms with Gasteiger partial charge in [0, 0.05) is 16.0 Å². The largest absolute Gasteiger partial charge is 0.301 e. The van der Waals surface area contributed by atoms with Crippen LogP contribution in [-0.4, -0.2) is 0 Å². The van der Waals surface area contributed by atoms with Crippen molar-refractivity contribution in [3.8, 4) is 9.75 Å². The van der Waals surface area contributed by atoms with Crippen molar-refractivity contribution in [1.29, 1.82) is 0 Å². The molecule has 1 aliphatic carbocycles. The minimum Gasteiger partial charge on any atom is -0.196 e. The van der Waals surface area contributed by atoms with Crippen molar-refractivity contribution in [2.45, 2.75) is 12.8 Å². The Balaban J connectivity index is 2.40. The first-order chi connectivity index (χ1) is 6.60. The van der Waals surface area contributed by atoms with Crippen molar-refractivity contribution in [3.63, 3.8) is 0 Å². The second-order valence-electron chi connectivity index (χ2n) is 3.34. The summed E-state index contributed by atoms with van der Waals surface area (Å²) in [7, 11) is 0. The quantitative estimate of drug-likeness (QED) is 0.632. The summed E-state index contributed by atoms with van der Waals surface area (Å²) in [5.74, 6) is -2.77. The van der Waals surface area contributed by atoms with Gasteiger partial charge in [0.1, 0.15) is 0 Å². The molecule has 2 heterocycles. The predicted molar refractivity (Wildman–Crippen MR) is 55.4 cm³/mol. The van der Waals surface area contributed by atoms with Gasteiger partial charge in [-0.1, -0.05) is 0 Å². The lowest BCUT2D eigenvalue weighted by Crippen LogP contribution is -2.09. The van der Waals surface area contributed by atoms with E-state index in [1.807, 2.05) is 6.92 Å². The Hall–Kier alpha value is -0.740. The maximum atomic E-state index is 13.8. The van der Waals surface area contributed by atoms with Crippen LogP contribution in [0.4, 0.5) is 8.78 Å². The first-order valence-corrected chi connectivity index (χ1v) is 5.87. The van der Waals surface area contributed by atoms with Gasteiger partial charge in [-0.3, -0.25) is 0 Å². The van der Waals surface area contributed by atoms with Gasteiger partial charge in [-0.05, 0) is 24.4 Å². The highest BCUT2D eigenvalue weighted by atomic mass is 32.1. The third kappa shape index (κ3) is 0.854. The number of fused-ring (bicyclic) bond motifs is 3. The van der Waals surface area contributed by atoms with Crippen molar-refractivity contribution in [2.24, 2.45) is 0 Å². The lowest BCUT2D eigenvalue weighted by Gasteiger charge is -2.08. The van der Waals surface area contributed by atoms with Gasteiger partial charge in [0.15, 0.2) is 0 Å². The fourth-order valence-electron chi connectivity index (χ4n) is 1.79. The molecule has 14 heavy (non-hydrogen) atoms. The van der Waals surface area contributed by atoms with Crippen molar-refractivity contribution >= 4 is 22.7 Å². The molecule has 0 saturated carbocycles. The van der Waals surface area contributed by atoms with E-state index in [1.165, 1.54) is 28.7 Å². The van der Waals surface area contributed by atoms with E-state index in [1.54, 1.807) is 11.4 Å². The number of alkyl halides is 2. The fourth-order valence-corrected chi connectivity index (χ4v) is 3.94. The molecular weight excluding hydrogens is 222 g/mol. The van der Waals surface area contributed by atoms with E-state index in [0.29, 0.717) is 0 Å². The lowest BCUT2D eigenvalue weighted by atomic mass is 10.1. The van der Waals surface area contributed by atoms with Crippen LogP contribution in [0.3, 0.4) is 0 Å². The molecule has 2 aromatic rings. The smallest absolute Gasteiger partial charge is 0.196 e.